The summed E-state index contributed by atoms with van der Waals surface area (Å²) < 4.78 is 1.55. The van der Waals surface area contributed by atoms with Gasteiger partial charge in [0, 0.05) is 24.5 Å². The van der Waals surface area contributed by atoms with Crippen molar-refractivity contribution >= 4 is 5.97 Å². The molecule has 1 aromatic heterocycles. The van der Waals surface area contributed by atoms with Crippen LogP contribution < -0.4 is 5.43 Å². The molecule has 0 amide bonds. The minimum absolute atomic E-state index is 0.109. The summed E-state index contributed by atoms with van der Waals surface area (Å²) in [5.74, 6) is -0.865. The van der Waals surface area contributed by atoms with Crippen molar-refractivity contribution in [1.82, 2.24) is 4.57 Å². The fourth-order valence-corrected chi connectivity index (χ4v) is 1.31. The number of hydrogen-bond donors (Lipinski definition) is 1. The fraction of sp³-hybridized carbons (Fsp3) is 0.400. The van der Waals surface area contributed by atoms with Crippen LogP contribution in [0.15, 0.2) is 29.3 Å². The Labute approximate surface area is 81.8 Å². The first-order valence-electron chi connectivity index (χ1n) is 4.55. The molecule has 0 aliphatic rings. The molecule has 1 unspecified atom stereocenters. The highest BCUT2D eigenvalue weighted by Gasteiger charge is 2.16. The van der Waals surface area contributed by atoms with E-state index in [1.165, 1.54) is 24.5 Å². The Morgan fingerprint density at radius 1 is 1.50 bits per heavy atom. The number of pyridine rings is 1. The molecule has 1 heterocycles. The van der Waals surface area contributed by atoms with Crippen LogP contribution >= 0.6 is 0 Å². The van der Waals surface area contributed by atoms with Gasteiger partial charge in [0.05, 0.1) is 0 Å². The van der Waals surface area contributed by atoms with Gasteiger partial charge in [-0.05, 0) is 6.42 Å². The lowest BCUT2D eigenvalue weighted by Crippen LogP contribution is -2.19. The topological polar surface area (TPSA) is 59.3 Å². The van der Waals surface area contributed by atoms with Gasteiger partial charge in [-0.15, -0.1) is 0 Å². The Kier molecular flexibility index (Phi) is 3.45. The first-order valence-corrected chi connectivity index (χ1v) is 4.55. The average Bonchev–Trinajstić information content (AvgIpc) is 2.15. The molecule has 1 N–H and O–H groups in total. The maximum absolute atomic E-state index is 10.9. The van der Waals surface area contributed by atoms with Gasteiger partial charge >= 0.3 is 5.97 Å². The minimum Gasteiger partial charge on any atom is -0.480 e. The molecule has 0 aliphatic carbocycles. The summed E-state index contributed by atoms with van der Waals surface area (Å²) in [7, 11) is 0. The lowest BCUT2D eigenvalue weighted by atomic mass is 10.1. The molecule has 0 aromatic carbocycles. The van der Waals surface area contributed by atoms with E-state index in [4.69, 9.17) is 5.11 Å². The largest absolute Gasteiger partial charge is 0.480 e. The van der Waals surface area contributed by atoms with Crippen molar-refractivity contribution in [1.29, 1.82) is 0 Å². The van der Waals surface area contributed by atoms with Gasteiger partial charge in [0.1, 0.15) is 6.04 Å². The van der Waals surface area contributed by atoms with Crippen molar-refractivity contribution in [3.05, 3.63) is 34.7 Å². The molecule has 0 aliphatic heterocycles. The summed E-state index contributed by atoms with van der Waals surface area (Å²) in [5, 5.41) is 8.93. The van der Waals surface area contributed by atoms with E-state index in [9.17, 15) is 9.59 Å². The molecule has 1 rings (SSSR count). The zero-order chi connectivity index (χ0) is 10.6. The van der Waals surface area contributed by atoms with Crippen molar-refractivity contribution in [2.75, 3.05) is 0 Å². The number of carboxylic acid groups (broad SMARTS) is 1. The molecule has 0 saturated carbocycles. The van der Waals surface area contributed by atoms with E-state index < -0.39 is 12.0 Å². The summed E-state index contributed by atoms with van der Waals surface area (Å²) >= 11 is 0. The van der Waals surface area contributed by atoms with Crippen molar-refractivity contribution in [2.45, 2.75) is 25.8 Å². The normalized spacial score (nSPS) is 12.4. The van der Waals surface area contributed by atoms with Crippen LogP contribution in [-0.2, 0) is 4.79 Å². The minimum atomic E-state index is -0.865. The van der Waals surface area contributed by atoms with Crippen molar-refractivity contribution in [2.24, 2.45) is 0 Å². The second-order valence-electron chi connectivity index (χ2n) is 3.12. The summed E-state index contributed by atoms with van der Waals surface area (Å²) in [6, 6.07) is 2.16. The number of hydrogen-bond acceptors (Lipinski definition) is 2. The van der Waals surface area contributed by atoms with Crippen LogP contribution in [0.4, 0.5) is 0 Å². The summed E-state index contributed by atoms with van der Waals surface area (Å²) in [5.41, 5.74) is -0.109. The Hall–Kier alpha value is -1.58. The van der Waals surface area contributed by atoms with Gasteiger partial charge in [-0.3, -0.25) is 4.79 Å². The monoisotopic (exact) mass is 195 g/mol. The molecule has 0 bridgehead atoms. The Morgan fingerprint density at radius 2 is 2.07 bits per heavy atom. The van der Waals surface area contributed by atoms with Crippen LogP contribution in [0.5, 0.6) is 0 Å². The third-order valence-electron chi connectivity index (χ3n) is 2.03. The first-order chi connectivity index (χ1) is 6.65. The number of nitrogens with zero attached hydrogens (tertiary/aromatic N) is 1. The van der Waals surface area contributed by atoms with Gasteiger partial charge in [0.2, 0.25) is 0 Å². The van der Waals surface area contributed by atoms with Crippen LogP contribution in [0.3, 0.4) is 0 Å². The van der Waals surface area contributed by atoms with Gasteiger partial charge in [-0.25, -0.2) is 4.79 Å². The van der Waals surface area contributed by atoms with E-state index in [2.05, 4.69) is 0 Å². The second kappa shape index (κ2) is 4.60. The zero-order valence-corrected chi connectivity index (χ0v) is 8.01. The van der Waals surface area contributed by atoms with E-state index in [1.807, 2.05) is 6.92 Å². The van der Waals surface area contributed by atoms with Crippen molar-refractivity contribution in [3.63, 3.8) is 0 Å². The van der Waals surface area contributed by atoms with Gasteiger partial charge in [0.25, 0.3) is 0 Å². The van der Waals surface area contributed by atoms with E-state index in [0.717, 1.165) is 6.42 Å². The highest BCUT2D eigenvalue weighted by molar-refractivity contribution is 5.71. The average molecular weight is 195 g/mol. The van der Waals surface area contributed by atoms with E-state index >= 15 is 0 Å². The molecular formula is C10H13NO3. The second-order valence-corrected chi connectivity index (χ2v) is 3.12. The number of rotatable bonds is 4. The van der Waals surface area contributed by atoms with Crippen molar-refractivity contribution < 1.29 is 9.90 Å². The smallest absolute Gasteiger partial charge is 0.326 e. The summed E-state index contributed by atoms with van der Waals surface area (Å²) in [4.78, 5) is 21.7. The van der Waals surface area contributed by atoms with E-state index in [0.29, 0.717) is 6.42 Å². The molecule has 0 radical (unpaired) electrons. The lowest BCUT2D eigenvalue weighted by molar-refractivity contribution is -0.141. The fourth-order valence-electron chi connectivity index (χ4n) is 1.31. The maximum Gasteiger partial charge on any atom is 0.326 e. The SMILES string of the molecule is CCCC(C(=O)O)n1ccc(=O)cc1. The predicted octanol–water partition coefficient (Wildman–Crippen LogP) is 1.27. The van der Waals surface area contributed by atoms with Gasteiger partial charge in [0.15, 0.2) is 5.43 Å². The molecule has 4 heteroatoms. The molecule has 76 valence electrons. The first kappa shape index (κ1) is 10.5. The van der Waals surface area contributed by atoms with Crippen LogP contribution in [0.25, 0.3) is 0 Å². The lowest BCUT2D eigenvalue weighted by Gasteiger charge is -2.14. The number of aromatic nitrogens is 1. The maximum atomic E-state index is 10.9. The summed E-state index contributed by atoms with van der Waals surface area (Å²) in [6.07, 6.45) is 4.38. The van der Waals surface area contributed by atoms with Gasteiger partial charge in [-0.2, -0.15) is 0 Å². The predicted molar refractivity (Wildman–Crippen MR) is 52.3 cm³/mol. The molecule has 0 spiro atoms. The molecule has 1 atom stereocenters. The molecule has 0 saturated heterocycles. The third kappa shape index (κ3) is 2.45. The highest BCUT2D eigenvalue weighted by atomic mass is 16.4. The van der Waals surface area contributed by atoms with Crippen LogP contribution in [-0.4, -0.2) is 15.6 Å². The third-order valence-corrected chi connectivity index (χ3v) is 2.03. The zero-order valence-electron chi connectivity index (χ0n) is 8.01. The van der Waals surface area contributed by atoms with Crippen molar-refractivity contribution in [3.8, 4) is 0 Å². The van der Waals surface area contributed by atoms with Gasteiger partial charge < -0.3 is 9.67 Å². The van der Waals surface area contributed by atoms with E-state index in [1.54, 1.807) is 4.57 Å². The Balaban J connectivity index is 2.93. The molecule has 4 nitrogen and oxygen atoms in total. The van der Waals surface area contributed by atoms with Crippen LogP contribution in [0, 0.1) is 0 Å². The summed E-state index contributed by atoms with van der Waals surface area (Å²) in [6.45, 7) is 1.93. The van der Waals surface area contributed by atoms with Crippen LogP contribution in [0.2, 0.25) is 0 Å². The number of carbonyl (C=O) groups is 1. The molecule has 0 fully saturated rings. The Bertz CT molecular complexity index is 349. The molecular weight excluding hydrogens is 182 g/mol. The number of aliphatic carboxylic acids is 1. The molecule has 1 aromatic rings. The van der Waals surface area contributed by atoms with Gasteiger partial charge in [-0.1, -0.05) is 13.3 Å². The van der Waals surface area contributed by atoms with Crippen LogP contribution in [0.1, 0.15) is 25.8 Å². The quantitative estimate of drug-likeness (QED) is 0.787. The molecule has 14 heavy (non-hydrogen) atoms. The Morgan fingerprint density at radius 3 is 2.50 bits per heavy atom. The standard InChI is InChI=1S/C10H13NO3/c1-2-3-9(10(13)14)11-6-4-8(12)5-7-11/h4-7,9H,2-3H2,1H3,(H,13,14). The number of carboxylic acids is 1. The highest BCUT2D eigenvalue weighted by Crippen LogP contribution is 2.12. The van der Waals surface area contributed by atoms with E-state index in [-0.39, 0.29) is 5.43 Å².